The van der Waals surface area contributed by atoms with Crippen LogP contribution in [0.4, 0.5) is 5.69 Å². The maximum Gasteiger partial charge on any atom is 0.336 e. The molecule has 0 aliphatic carbocycles. The Morgan fingerprint density at radius 1 is 1.13 bits per heavy atom. The van der Waals surface area contributed by atoms with Gasteiger partial charge in [-0.05, 0) is 30.0 Å². The van der Waals surface area contributed by atoms with Crippen molar-refractivity contribution < 1.29 is 23.4 Å². The van der Waals surface area contributed by atoms with Crippen molar-refractivity contribution in [2.45, 2.75) is 32.9 Å². The Kier molecular flexibility index (Phi) is 11.6. The van der Waals surface area contributed by atoms with Crippen molar-refractivity contribution in [1.29, 1.82) is 0 Å². The summed E-state index contributed by atoms with van der Waals surface area (Å²) in [7, 11) is 1.61. The number of nitrogens with two attached hydrogens (primary N) is 1. The van der Waals surface area contributed by atoms with Crippen molar-refractivity contribution in [3.63, 3.8) is 0 Å². The first-order chi connectivity index (χ1) is 13.9. The van der Waals surface area contributed by atoms with Crippen LogP contribution in [0.25, 0.3) is 11.0 Å². The number of hydrogen-bond acceptors (Lipinski definition) is 7. The van der Waals surface area contributed by atoms with Gasteiger partial charge in [0.2, 0.25) is 5.91 Å². The van der Waals surface area contributed by atoms with E-state index >= 15 is 0 Å². The number of nitrogens with one attached hydrogen (secondary N) is 1. The normalized spacial score (nSPS) is 12.0. The number of carbonyl (C=O) groups is 1. The summed E-state index contributed by atoms with van der Waals surface area (Å²) in [6.07, 6.45) is 0.588. The summed E-state index contributed by atoms with van der Waals surface area (Å²) < 4.78 is 21.1. The molecule has 9 heteroatoms. The van der Waals surface area contributed by atoms with Crippen LogP contribution in [0, 0.1) is 5.92 Å². The number of rotatable bonds is 12. The third kappa shape index (κ3) is 8.41. The van der Waals surface area contributed by atoms with E-state index in [1.54, 1.807) is 25.3 Å². The van der Waals surface area contributed by atoms with E-state index in [9.17, 15) is 9.59 Å². The minimum atomic E-state index is -0.594. The smallest absolute Gasteiger partial charge is 0.336 e. The molecule has 1 aromatic carbocycles. The standard InChI is InChI=1S/C21H30N2O6.ClH/c1-14(2)10-18(22)21(25)23-16-4-5-17-15(11-20(24)29-19(17)12-16)13-28-9-8-27-7-6-26-3;/h4-5,11-12,14,18H,6-10,13,22H2,1-3H3,(H,23,25);1H/t18-;/m0./s1. The fourth-order valence-corrected chi connectivity index (χ4v) is 2.82. The topological polar surface area (TPSA) is 113 Å². The third-order valence-electron chi connectivity index (χ3n) is 4.22. The monoisotopic (exact) mass is 442 g/mol. The van der Waals surface area contributed by atoms with Gasteiger partial charge in [0.15, 0.2) is 0 Å². The molecule has 2 aromatic rings. The molecule has 3 N–H and O–H groups in total. The quantitative estimate of drug-likeness (QED) is 0.383. The lowest BCUT2D eigenvalue weighted by atomic mass is 10.0. The third-order valence-corrected chi connectivity index (χ3v) is 4.22. The summed E-state index contributed by atoms with van der Waals surface area (Å²) in [6.45, 7) is 6.14. The number of benzene rings is 1. The Morgan fingerprint density at radius 3 is 2.53 bits per heavy atom. The molecule has 1 heterocycles. The van der Waals surface area contributed by atoms with Crippen LogP contribution in [0.5, 0.6) is 0 Å². The maximum absolute atomic E-state index is 12.2. The van der Waals surface area contributed by atoms with Crippen LogP contribution in [0.3, 0.4) is 0 Å². The molecular weight excluding hydrogens is 412 g/mol. The molecule has 0 aliphatic rings. The van der Waals surface area contributed by atoms with Crippen molar-refractivity contribution in [2.24, 2.45) is 11.7 Å². The average Bonchev–Trinajstić information content (AvgIpc) is 2.66. The van der Waals surface area contributed by atoms with Gasteiger partial charge in [0.1, 0.15) is 5.58 Å². The molecule has 1 aromatic heterocycles. The van der Waals surface area contributed by atoms with Crippen LogP contribution in [-0.4, -0.2) is 45.5 Å². The van der Waals surface area contributed by atoms with Gasteiger partial charge >= 0.3 is 5.63 Å². The lowest BCUT2D eigenvalue weighted by Crippen LogP contribution is -2.36. The van der Waals surface area contributed by atoms with E-state index in [0.717, 1.165) is 5.39 Å². The fourth-order valence-electron chi connectivity index (χ4n) is 2.82. The molecule has 30 heavy (non-hydrogen) atoms. The Balaban J connectivity index is 0.00000450. The summed E-state index contributed by atoms with van der Waals surface area (Å²) >= 11 is 0. The molecule has 0 radical (unpaired) electrons. The Bertz CT molecular complexity index is 855. The molecule has 8 nitrogen and oxygen atoms in total. The van der Waals surface area contributed by atoms with Gasteiger partial charge in [-0.25, -0.2) is 4.79 Å². The van der Waals surface area contributed by atoms with Gasteiger partial charge in [-0.3, -0.25) is 4.79 Å². The van der Waals surface area contributed by atoms with Crippen molar-refractivity contribution in [1.82, 2.24) is 0 Å². The van der Waals surface area contributed by atoms with Gasteiger partial charge in [-0.15, -0.1) is 12.4 Å². The van der Waals surface area contributed by atoms with Gasteiger partial charge < -0.3 is 29.7 Å². The molecule has 0 unspecified atom stereocenters. The molecule has 0 bridgehead atoms. The number of halogens is 1. The molecule has 0 fully saturated rings. The maximum atomic E-state index is 12.2. The number of carbonyl (C=O) groups excluding carboxylic acids is 1. The highest BCUT2D eigenvalue weighted by atomic mass is 35.5. The zero-order valence-electron chi connectivity index (χ0n) is 17.6. The number of ether oxygens (including phenoxy) is 3. The van der Waals surface area contributed by atoms with E-state index in [4.69, 9.17) is 24.4 Å². The van der Waals surface area contributed by atoms with Gasteiger partial charge in [-0.1, -0.05) is 13.8 Å². The highest BCUT2D eigenvalue weighted by molar-refractivity contribution is 5.96. The fraction of sp³-hybridized carbons (Fsp3) is 0.524. The summed E-state index contributed by atoms with van der Waals surface area (Å²) in [5.41, 5.74) is 7.05. The molecule has 0 spiro atoms. The van der Waals surface area contributed by atoms with Gasteiger partial charge in [0, 0.05) is 30.3 Å². The van der Waals surface area contributed by atoms with E-state index in [-0.39, 0.29) is 24.9 Å². The van der Waals surface area contributed by atoms with Crippen molar-refractivity contribution >= 4 is 35.0 Å². The molecule has 2 rings (SSSR count). The highest BCUT2D eigenvalue weighted by Gasteiger charge is 2.16. The van der Waals surface area contributed by atoms with Crippen LogP contribution < -0.4 is 16.7 Å². The zero-order valence-corrected chi connectivity index (χ0v) is 18.5. The number of anilines is 1. The highest BCUT2D eigenvalue weighted by Crippen LogP contribution is 2.22. The molecule has 168 valence electrons. The van der Waals surface area contributed by atoms with E-state index < -0.39 is 11.7 Å². The lowest BCUT2D eigenvalue weighted by Gasteiger charge is -2.14. The number of amides is 1. The van der Waals surface area contributed by atoms with Crippen LogP contribution >= 0.6 is 12.4 Å². The second-order valence-electron chi connectivity index (χ2n) is 7.18. The Hall–Kier alpha value is -1.97. The Morgan fingerprint density at radius 2 is 1.83 bits per heavy atom. The van der Waals surface area contributed by atoms with Crippen LogP contribution in [0.15, 0.2) is 33.5 Å². The summed E-state index contributed by atoms with van der Waals surface area (Å²) in [5, 5.41) is 3.52. The zero-order chi connectivity index (χ0) is 21.2. The number of hydrogen-bond donors (Lipinski definition) is 2. The molecule has 1 atom stereocenters. The van der Waals surface area contributed by atoms with Crippen molar-refractivity contribution in [3.05, 3.63) is 40.2 Å². The summed E-state index contributed by atoms with van der Waals surface area (Å²) in [4.78, 5) is 24.1. The summed E-state index contributed by atoms with van der Waals surface area (Å²) in [6, 6.07) is 5.97. The molecule has 1 amide bonds. The van der Waals surface area contributed by atoms with Gasteiger partial charge in [0.05, 0.1) is 39.1 Å². The number of methoxy groups -OCH3 is 1. The second-order valence-corrected chi connectivity index (χ2v) is 7.18. The van der Waals surface area contributed by atoms with Crippen molar-refractivity contribution in [3.8, 4) is 0 Å². The van der Waals surface area contributed by atoms with E-state index in [1.807, 2.05) is 13.8 Å². The van der Waals surface area contributed by atoms with Crippen molar-refractivity contribution in [2.75, 3.05) is 38.9 Å². The first-order valence-corrected chi connectivity index (χ1v) is 9.68. The van der Waals surface area contributed by atoms with E-state index in [1.165, 1.54) is 6.07 Å². The minimum Gasteiger partial charge on any atom is -0.423 e. The van der Waals surface area contributed by atoms with E-state index in [0.29, 0.717) is 55.6 Å². The molecule has 0 saturated heterocycles. The summed E-state index contributed by atoms with van der Waals surface area (Å²) in [5.74, 6) is 0.0478. The SMILES string of the molecule is COCCOCCOCc1cc(=O)oc2cc(NC(=O)[C@@H](N)CC(C)C)ccc12.Cl. The minimum absolute atomic E-state index is 0. The van der Waals surface area contributed by atoms with Gasteiger partial charge in [0.25, 0.3) is 0 Å². The largest absolute Gasteiger partial charge is 0.423 e. The lowest BCUT2D eigenvalue weighted by molar-refractivity contribution is -0.117. The van der Waals surface area contributed by atoms with Crippen LogP contribution in [-0.2, 0) is 25.6 Å². The first kappa shape index (κ1) is 26.1. The predicted molar refractivity (Wildman–Crippen MR) is 118 cm³/mol. The first-order valence-electron chi connectivity index (χ1n) is 9.68. The number of fused-ring (bicyclic) bond motifs is 1. The molecular formula is C21H31ClN2O6. The molecule has 0 aliphatic heterocycles. The van der Waals surface area contributed by atoms with Gasteiger partial charge in [-0.2, -0.15) is 0 Å². The van der Waals surface area contributed by atoms with Crippen LogP contribution in [0.1, 0.15) is 25.8 Å². The van der Waals surface area contributed by atoms with Crippen LogP contribution in [0.2, 0.25) is 0 Å². The van der Waals surface area contributed by atoms with E-state index in [2.05, 4.69) is 5.32 Å². The average molecular weight is 443 g/mol. The molecule has 0 saturated carbocycles. The predicted octanol–water partition coefficient (Wildman–Crippen LogP) is 2.71. The Labute approximate surface area is 182 Å². The second kappa shape index (κ2) is 13.4.